The molecule has 0 bridgehead atoms. The van der Waals surface area contributed by atoms with Crippen LogP contribution in [-0.2, 0) is 16.0 Å². The molecule has 0 saturated heterocycles. The monoisotopic (exact) mass is 330 g/mol. The quantitative estimate of drug-likeness (QED) is 0.745. The maximum Gasteiger partial charge on any atom is 0.169 e. The molecule has 0 aliphatic carbocycles. The molecule has 0 spiro atoms. The Morgan fingerprint density at radius 1 is 1.32 bits per heavy atom. The molecule has 0 aromatic heterocycles. The van der Waals surface area contributed by atoms with Crippen LogP contribution in [0.15, 0.2) is 22.7 Å². The maximum atomic E-state index is 13.7. The van der Waals surface area contributed by atoms with Crippen LogP contribution in [0.1, 0.15) is 39.2 Å². The summed E-state index contributed by atoms with van der Waals surface area (Å²) < 4.78 is 20.1. The van der Waals surface area contributed by atoms with E-state index >= 15 is 0 Å². The summed E-state index contributed by atoms with van der Waals surface area (Å²) in [6, 6.07) is 4.64. The molecule has 0 amide bonds. The fraction of sp³-hybridized carbons (Fsp3) is 0.533. The summed E-state index contributed by atoms with van der Waals surface area (Å²) in [5, 5.41) is 0. The molecule has 1 aromatic carbocycles. The summed E-state index contributed by atoms with van der Waals surface area (Å²) in [6.45, 7) is 6.20. The van der Waals surface area contributed by atoms with Gasteiger partial charge in [-0.15, -0.1) is 0 Å². The largest absolute Gasteiger partial charge is 0.368 e. The number of benzene rings is 1. The maximum absolute atomic E-state index is 13.7. The minimum Gasteiger partial charge on any atom is -0.368 e. The van der Waals surface area contributed by atoms with E-state index in [9.17, 15) is 9.18 Å². The summed E-state index contributed by atoms with van der Waals surface area (Å²) in [4.78, 5) is 12.4. The van der Waals surface area contributed by atoms with Crippen LogP contribution >= 0.6 is 15.9 Å². The first kappa shape index (κ1) is 16.3. The van der Waals surface area contributed by atoms with Crippen LogP contribution in [0.5, 0.6) is 0 Å². The van der Waals surface area contributed by atoms with Crippen molar-refractivity contribution in [2.45, 2.75) is 45.6 Å². The molecule has 0 atom stereocenters. The SMILES string of the molecule is CCOC(CC)(CC)C(=O)Cc1cc(Br)ccc1F. The fourth-order valence-corrected chi connectivity index (χ4v) is 2.63. The molecule has 0 radical (unpaired) electrons. The molecular formula is C15H20BrFO2. The van der Waals surface area contributed by atoms with Gasteiger partial charge >= 0.3 is 0 Å². The molecule has 4 heteroatoms. The second-order valence-electron chi connectivity index (χ2n) is 4.47. The summed E-state index contributed by atoms with van der Waals surface area (Å²) in [5.74, 6) is -0.412. The standard InChI is InChI=1S/C15H20BrFO2/c1-4-15(5-2,19-6-3)14(18)10-11-9-12(16)7-8-13(11)17/h7-9H,4-6,10H2,1-3H3. The van der Waals surface area contributed by atoms with Crippen LogP contribution < -0.4 is 0 Å². The zero-order chi connectivity index (χ0) is 14.5. The Labute approximate surface area is 122 Å². The van der Waals surface area contributed by atoms with E-state index in [1.54, 1.807) is 12.1 Å². The molecule has 0 fully saturated rings. The van der Waals surface area contributed by atoms with E-state index < -0.39 is 5.60 Å². The third-order valence-corrected chi connectivity index (χ3v) is 3.92. The molecule has 1 aromatic rings. The number of rotatable bonds is 7. The Kier molecular flexibility index (Phi) is 6.14. The van der Waals surface area contributed by atoms with Crippen molar-refractivity contribution in [1.82, 2.24) is 0 Å². The van der Waals surface area contributed by atoms with Crippen molar-refractivity contribution in [2.24, 2.45) is 0 Å². The van der Waals surface area contributed by atoms with Gasteiger partial charge in [0.2, 0.25) is 0 Å². The van der Waals surface area contributed by atoms with Gasteiger partial charge in [0.05, 0.1) is 0 Å². The minimum atomic E-state index is -0.788. The highest BCUT2D eigenvalue weighted by Gasteiger charge is 2.35. The van der Waals surface area contributed by atoms with Crippen molar-refractivity contribution < 1.29 is 13.9 Å². The highest BCUT2D eigenvalue weighted by molar-refractivity contribution is 9.10. The zero-order valence-electron chi connectivity index (χ0n) is 11.6. The van der Waals surface area contributed by atoms with Crippen molar-refractivity contribution in [3.63, 3.8) is 0 Å². The Hall–Kier alpha value is -0.740. The third-order valence-electron chi connectivity index (χ3n) is 3.43. The molecule has 0 heterocycles. The summed E-state index contributed by atoms with van der Waals surface area (Å²) in [5.41, 5.74) is -0.380. The van der Waals surface area contributed by atoms with E-state index in [4.69, 9.17) is 4.74 Å². The van der Waals surface area contributed by atoms with Gasteiger partial charge in [-0.2, -0.15) is 0 Å². The number of hydrogen-bond donors (Lipinski definition) is 0. The van der Waals surface area contributed by atoms with Gasteiger partial charge in [-0.25, -0.2) is 4.39 Å². The lowest BCUT2D eigenvalue weighted by Gasteiger charge is -2.30. The van der Waals surface area contributed by atoms with Gasteiger partial charge in [-0.05, 0) is 43.5 Å². The summed E-state index contributed by atoms with van der Waals surface area (Å²) in [6.07, 6.45) is 1.27. The van der Waals surface area contributed by atoms with Gasteiger partial charge in [-0.3, -0.25) is 4.79 Å². The van der Waals surface area contributed by atoms with Crippen LogP contribution in [0.25, 0.3) is 0 Å². The summed E-state index contributed by atoms with van der Waals surface area (Å²) >= 11 is 3.29. The molecule has 1 rings (SSSR count). The average Bonchev–Trinajstić information content (AvgIpc) is 2.40. The normalized spacial score (nSPS) is 11.6. The molecule has 0 unspecified atom stereocenters. The number of hydrogen-bond acceptors (Lipinski definition) is 2. The number of Topliss-reactive ketones (excluding diaryl/α,β-unsaturated/α-hetero) is 1. The smallest absolute Gasteiger partial charge is 0.169 e. The van der Waals surface area contributed by atoms with Crippen molar-refractivity contribution in [2.75, 3.05) is 6.61 Å². The first-order valence-corrected chi connectivity index (χ1v) is 7.39. The van der Waals surface area contributed by atoms with Gasteiger partial charge in [0.25, 0.3) is 0 Å². The second kappa shape index (κ2) is 7.15. The molecule has 0 aliphatic heterocycles. The Bertz CT molecular complexity index is 442. The lowest BCUT2D eigenvalue weighted by Crippen LogP contribution is -2.41. The van der Waals surface area contributed by atoms with E-state index in [-0.39, 0.29) is 18.0 Å². The van der Waals surface area contributed by atoms with Crippen LogP contribution in [0, 0.1) is 5.82 Å². The number of carbonyl (C=O) groups excluding carboxylic acids is 1. The topological polar surface area (TPSA) is 26.3 Å². The van der Waals surface area contributed by atoms with Gasteiger partial charge < -0.3 is 4.74 Å². The van der Waals surface area contributed by atoms with E-state index in [1.807, 2.05) is 20.8 Å². The lowest BCUT2D eigenvalue weighted by molar-refractivity contribution is -0.144. The molecule has 106 valence electrons. The van der Waals surface area contributed by atoms with E-state index in [0.717, 1.165) is 4.47 Å². The van der Waals surface area contributed by atoms with Crippen LogP contribution in [-0.4, -0.2) is 18.0 Å². The minimum absolute atomic E-state index is 0.0589. The highest BCUT2D eigenvalue weighted by atomic mass is 79.9. The van der Waals surface area contributed by atoms with Gasteiger partial charge in [0.1, 0.15) is 11.4 Å². The van der Waals surface area contributed by atoms with Crippen molar-refractivity contribution >= 4 is 21.7 Å². The average molecular weight is 331 g/mol. The van der Waals surface area contributed by atoms with E-state index in [2.05, 4.69) is 15.9 Å². The molecular weight excluding hydrogens is 311 g/mol. The van der Waals surface area contributed by atoms with Crippen LogP contribution in [0.2, 0.25) is 0 Å². The first-order valence-electron chi connectivity index (χ1n) is 6.60. The number of ether oxygens (including phenoxy) is 1. The third kappa shape index (κ3) is 3.86. The molecule has 0 aliphatic rings. The molecule has 0 N–H and O–H groups in total. The molecule has 2 nitrogen and oxygen atoms in total. The van der Waals surface area contributed by atoms with Crippen LogP contribution in [0.3, 0.4) is 0 Å². The zero-order valence-corrected chi connectivity index (χ0v) is 13.2. The fourth-order valence-electron chi connectivity index (χ4n) is 2.22. The lowest BCUT2D eigenvalue weighted by atomic mass is 9.88. The van der Waals surface area contributed by atoms with Crippen molar-refractivity contribution in [1.29, 1.82) is 0 Å². The van der Waals surface area contributed by atoms with Gasteiger partial charge in [0, 0.05) is 17.5 Å². The Morgan fingerprint density at radius 2 is 1.95 bits per heavy atom. The first-order chi connectivity index (χ1) is 8.99. The Balaban J connectivity index is 2.96. The van der Waals surface area contributed by atoms with E-state index in [0.29, 0.717) is 25.0 Å². The predicted molar refractivity (Wildman–Crippen MR) is 77.8 cm³/mol. The van der Waals surface area contributed by atoms with Crippen LogP contribution in [0.4, 0.5) is 4.39 Å². The van der Waals surface area contributed by atoms with E-state index in [1.165, 1.54) is 6.07 Å². The van der Waals surface area contributed by atoms with Crippen molar-refractivity contribution in [3.8, 4) is 0 Å². The number of halogens is 2. The number of ketones is 1. The molecule has 0 saturated carbocycles. The highest BCUT2D eigenvalue weighted by Crippen LogP contribution is 2.25. The van der Waals surface area contributed by atoms with Gasteiger partial charge in [-0.1, -0.05) is 29.8 Å². The molecule has 19 heavy (non-hydrogen) atoms. The van der Waals surface area contributed by atoms with Crippen molar-refractivity contribution in [3.05, 3.63) is 34.1 Å². The number of carbonyl (C=O) groups is 1. The summed E-state index contributed by atoms with van der Waals surface area (Å²) in [7, 11) is 0. The second-order valence-corrected chi connectivity index (χ2v) is 5.39. The predicted octanol–water partition coefficient (Wildman–Crippen LogP) is 4.30. The van der Waals surface area contributed by atoms with Gasteiger partial charge in [0.15, 0.2) is 5.78 Å². The Morgan fingerprint density at radius 3 is 2.47 bits per heavy atom.